The molecule has 0 bridgehead atoms. The predicted molar refractivity (Wildman–Crippen MR) is 119 cm³/mol. The number of aromatic nitrogens is 3. The van der Waals surface area contributed by atoms with E-state index in [1.807, 2.05) is 17.0 Å². The molecule has 1 saturated heterocycles. The molecule has 2 aromatic heterocycles. The van der Waals surface area contributed by atoms with Gasteiger partial charge in [-0.2, -0.15) is 4.98 Å². The molecule has 8 heteroatoms. The van der Waals surface area contributed by atoms with E-state index in [0.29, 0.717) is 42.6 Å². The summed E-state index contributed by atoms with van der Waals surface area (Å²) in [5.74, 6) is 2.58. The van der Waals surface area contributed by atoms with Crippen molar-refractivity contribution in [3.63, 3.8) is 0 Å². The fourth-order valence-corrected chi connectivity index (χ4v) is 4.78. The molecule has 2 aliphatic rings. The molecule has 3 atom stereocenters. The number of pyridine rings is 1. The monoisotopic (exact) mass is 442 g/mol. The first-order chi connectivity index (χ1) is 15.5. The summed E-state index contributed by atoms with van der Waals surface area (Å²) in [4.78, 5) is 23.0. The lowest BCUT2D eigenvalue weighted by Crippen LogP contribution is -2.44. The molecule has 3 heterocycles. The second kappa shape index (κ2) is 10.4. The van der Waals surface area contributed by atoms with Crippen molar-refractivity contribution >= 4 is 6.09 Å². The van der Waals surface area contributed by atoms with Crippen LogP contribution in [0.25, 0.3) is 11.4 Å². The standard InChI is InChI=1S/C24H34N4O4/c1-16(2)20-5-4-17(3)14-21(20)31-24(29)28-12-8-19(9-13-28)30-15-22-26-23(27-32-22)18-6-10-25-11-7-18/h6-7,10-11,16-17,19-21H,4-5,8-9,12-15H2,1-3H3/t17-,20+,21?/m0/s1. The molecule has 0 spiro atoms. The number of piperidine rings is 1. The highest BCUT2D eigenvalue weighted by Gasteiger charge is 2.35. The fraction of sp³-hybridized carbons (Fsp3) is 0.667. The van der Waals surface area contributed by atoms with Crippen LogP contribution >= 0.6 is 0 Å². The van der Waals surface area contributed by atoms with Gasteiger partial charge in [0.1, 0.15) is 12.7 Å². The third-order valence-electron chi connectivity index (χ3n) is 6.76. The molecule has 1 unspecified atom stereocenters. The van der Waals surface area contributed by atoms with Crippen LogP contribution in [0.4, 0.5) is 4.79 Å². The van der Waals surface area contributed by atoms with Gasteiger partial charge in [0.2, 0.25) is 5.82 Å². The van der Waals surface area contributed by atoms with Crippen LogP contribution in [-0.2, 0) is 16.1 Å². The second-order valence-electron chi connectivity index (χ2n) is 9.49. The molecule has 174 valence electrons. The number of likely N-dealkylation sites (tertiary alicyclic amines) is 1. The van der Waals surface area contributed by atoms with Crippen molar-refractivity contribution in [3.8, 4) is 11.4 Å². The molecule has 1 amide bonds. The molecule has 1 aliphatic carbocycles. The molecular formula is C24H34N4O4. The zero-order valence-corrected chi connectivity index (χ0v) is 19.3. The molecule has 8 nitrogen and oxygen atoms in total. The van der Waals surface area contributed by atoms with Gasteiger partial charge in [0, 0.05) is 31.0 Å². The summed E-state index contributed by atoms with van der Waals surface area (Å²) in [6.45, 7) is 8.27. The average molecular weight is 443 g/mol. The summed E-state index contributed by atoms with van der Waals surface area (Å²) < 4.78 is 17.3. The Morgan fingerprint density at radius 1 is 1.19 bits per heavy atom. The minimum atomic E-state index is -0.174. The minimum absolute atomic E-state index is 0.0346. The van der Waals surface area contributed by atoms with Crippen LogP contribution in [0.15, 0.2) is 29.0 Å². The van der Waals surface area contributed by atoms with Gasteiger partial charge in [0.15, 0.2) is 0 Å². The van der Waals surface area contributed by atoms with E-state index in [-0.39, 0.29) is 24.9 Å². The van der Waals surface area contributed by atoms with Gasteiger partial charge in [-0.15, -0.1) is 0 Å². The number of nitrogens with zero attached hydrogens (tertiary/aromatic N) is 4. The highest BCUT2D eigenvalue weighted by Crippen LogP contribution is 2.35. The van der Waals surface area contributed by atoms with Gasteiger partial charge in [0.25, 0.3) is 5.89 Å². The summed E-state index contributed by atoms with van der Waals surface area (Å²) in [6, 6.07) is 3.67. The third-order valence-corrected chi connectivity index (χ3v) is 6.76. The second-order valence-corrected chi connectivity index (χ2v) is 9.49. The molecule has 0 aromatic carbocycles. The van der Waals surface area contributed by atoms with Crippen LogP contribution in [0.3, 0.4) is 0 Å². The quantitative estimate of drug-likeness (QED) is 0.640. The van der Waals surface area contributed by atoms with Gasteiger partial charge in [0.05, 0.1) is 6.10 Å². The van der Waals surface area contributed by atoms with Crippen molar-refractivity contribution < 1.29 is 18.8 Å². The van der Waals surface area contributed by atoms with Crippen LogP contribution in [0.5, 0.6) is 0 Å². The maximum absolute atomic E-state index is 12.8. The van der Waals surface area contributed by atoms with E-state index in [2.05, 4.69) is 35.9 Å². The van der Waals surface area contributed by atoms with Gasteiger partial charge in [-0.1, -0.05) is 32.3 Å². The maximum Gasteiger partial charge on any atom is 0.410 e. The molecule has 1 saturated carbocycles. The molecule has 1 aliphatic heterocycles. The summed E-state index contributed by atoms with van der Waals surface area (Å²) in [6.07, 6.45) is 8.20. The van der Waals surface area contributed by atoms with Crippen molar-refractivity contribution in [1.29, 1.82) is 0 Å². The third kappa shape index (κ3) is 5.65. The Balaban J connectivity index is 1.22. The van der Waals surface area contributed by atoms with Gasteiger partial charge < -0.3 is 18.9 Å². The van der Waals surface area contributed by atoms with Crippen LogP contribution < -0.4 is 0 Å². The number of rotatable bonds is 6. The summed E-state index contributed by atoms with van der Waals surface area (Å²) in [5.41, 5.74) is 0.855. The summed E-state index contributed by atoms with van der Waals surface area (Å²) in [5, 5.41) is 4.00. The first-order valence-corrected chi connectivity index (χ1v) is 11.8. The lowest BCUT2D eigenvalue weighted by atomic mass is 9.75. The molecular weight excluding hydrogens is 408 g/mol. The average Bonchev–Trinajstić information content (AvgIpc) is 3.27. The van der Waals surface area contributed by atoms with E-state index in [1.54, 1.807) is 12.4 Å². The zero-order chi connectivity index (χ0) is 22.5. The van der Waals surface area contributed by atoms with Crippen LogP contribution in [0.1, 0.15) is 58.8 Å². The number of carbonyl (C=O) groups is 1. The fourth-order valence-electron chi connectivity index (χ4n) is 4.78. The topological polar surface area (TPSA) is 90.6 Å². The van der Waals surface area contributed by atoms with E-state index in [4.69, 9.17) is 14.0 Å². The van der Waals surface area contributed by atoms with Gasteiger partial charge >= 0.3 is 6.09 Å². The minimum Gasteiger partial charge on any atom is -0.446 e. The molecule has 0 radical (unpaired) electrons. The lowest BCUT2D eigenvalue weighted by molar-refractivity contribution is -0.0332. The Hall–Kier alpha value is -2.48. The maximum atomic E-state index is 12.8. The molecule has 0 N–H and O–H groups in total. The van der Waals surface area contributed by atoms with Crippen LogP contribution in [-0.4, -0.2) is 51.4 Å². The van der Waals surface area contributed by atoms with E-state index >= 15 is 0 Å². The number of amides is 1. The Kier molecular flexibility index (Phi) is 7.40. The number of hydrogen-bond donors (Lipinski definition) is 0. The highest BCUT2D eigenvalue weighted by atomic mass is 16.6. The summed E-state index contributed by atoms with van der Waals surface area (Å²) >= 11 is 0. The lowest BCUT2D eigenvalue weighted by Gasteiger charge is -2.38. The first-order valence-electron chi connectivity index (χ1n) is 11.8. The molecule has 4 rings (SSSR count). The largest absolute Gasteiger partial charge is 0.446 e. The first kappa shape index (κ1) is 22.7. The van der Waals surface area contributed by atoms with E-state index < -0.39 is 0 Å². The molecule has 2 fully saturated rings. The highest BCUT2D eigenvalue weighted by molar-refractivity contribution is 5.68. The number of hydrogen-bond acceptors (Lipinski definition) is 7. The molecule has 32 heavy (non-hydrogen) atoms. The van der Waals surface area contributed by atoms with Gasteiger partial charge in [-0.25, -0.2) is 4.79 Å². The van der Waals surface area contributed by atoms with Gasteiger partial charge in [-0.3, -0.25) is 4.98 Å². The van der Waals surface area contributed by atoms with E-state index in [0.717, 1.165) is 31.2 Å². The Bertz CT molecular complexity index is 864. The Morgan fingerprint density at radius 2 is 1.94 bits per heavy atom. The molecule has 2 aromatic rings. The Labute approximate surface area is 189 Å². The number of carbonyl (C=O) groups excluding carboxylic acids is 1. The van der Waals surface area contributed by atoms with Crippen molar-refractivity contribution in [2.75, 3.05) is 13.1 Å². The van der Waals surface area contributed by atoms with Crippen molar-refractivity contribution in [1.82, 2.24) is 20.0 Å². The zero-order valence-electron chi connectivity index (χ0n) is 19.3. The SMILES string of the molecule is CC(C)[C@H]1CC[C@H](C)CC1OC(=O)N1CCC(OCc2nc(-c3ccncc3)no2)CC1. The number of ether oxygens (including phenoxy) is 2. The van der Waals surface area contributed by atoms with Crippen molar-refractivity contribution in [3.05, 3.63) is 30.4 Å². The van der Waals surface area contributed by atoms with Gasteiger partial charge in [-0.05, 0) is 55.6 Å². The smallest absolute Gasteiger partial charge is 0.410 e. The predicted octanol–water partition coefficient (Wildman–Crippen LogP) is 4.71. The van der Waals surface area contributed by atoms with Crippen LogP contribution in [0.2, 0.25) is 0 Å². The normalized spacial score (nSPS) is 24.6. The van der Waals surface area contributed by atoms with Crippen molar-refractivity contribution in [2.45, 2.75) is 71.7 Å². The Morgan fingerprint density at radius 3 is 2.66 bits per heavy atom. The summed E-state index contributed by atoms with van der Waals surface area (Å²) in [7, 11) is 0. The van der Waals surface area contributed by atoms with E-state index in [9.17, 15) is 4.79 Å². The van der Waals surface area contributed by atoms with E-state index in [1.165, 1.54) is 6.42 Å². The van der Waals surface area contributed by atoms with Crippen molar-refractivity contribution in [2.24, 2.45) is 17.8 Å². The van der Waals surface area contributed by atoms with Crippen LogP contribution in [0, 0.1) is 17.8 Å².